The van der Waals surface area contributed by atoms with Crippen LogP contribution in [0.25, 0.3) is 86.6 Å². The van der Waals surface area contributed by atoms with Crippen molar-refractivity contribution in [1.82, 2.24) is 0 Å². The number of fused-ring (bicyclic) bond motifs is 6. The maximum atomic E-state index is 10.2. The van der Waals surface area contributed by atoms with E-state index in [2.05, 4.69) is 115 Å². The summed E-state index contributed by atoms with van der Waals surface area (Å²) in [6, 6.07) is 55.5. The maximum absolute atomic E-state index is 10.2. The van der Waals surface area contributed by atoms with Crippen LogP contribution in [-0.4, -0.2) is 0 Å². The van der Waals surface area contributed by atoms with Crippen LogP contribution in [0.5, 0.6) is 0 Å². The number of hydrogen-bond donors (Lipinski definition) is 0. The zero-order chi connectivity index (χ0) is 30.6. The molecule has 0 unspecified atom stereocenters. The topological polar surface area (TPSA) is 36.9 Å². The Balaban J connectivity index is 1.36. The second-order valence-electron chi connectivity index (χ2n) is 11.6. The zero-order valence-electron chi connectivity index (χ0n) is 24.7. The molecule has 0 saturated heterocycles. The molecule has 9 rings (SSSR count). The van der Waals surface area contributed by atoms with E-state index >= 15 is 0 Å². The van der Waals surface area contributed by atoms with Gasteiger partial charge in [0.25, 0.3) is 0 Å². The quantitative estimate of drug-likeness (QED) is 0.201. The molecule has 0 bridgehead atoms. The van der Waals surface area contributed by atoms with Crippen LogP contribution in [0.3, 0.4) is 0 Å². The van der Waals surface area contributed by atoms with Gasteiger partial charge in [0.1, 0.15) is 11.2 Å². The lowest BCUT2D eigenvalue weighted by Crippen LogP contribution is -1.93. The summed E-state index contributed by atoms with van der Waals surface area (Å²) in [4.78, 5) is 0. The molecule has 0 amide bonds. The number of furan rings is 1. The van der Waals surface area contributed by atoms with Gasteiger partial charge in [-0.1, -0.05) is 115 Å². The fourth-order valence-corrected chi connectivity index (χ4v) is 7.96. The predicted octanol–water partition coefficient (Wildman–Crippen LogP) is 12.5. The molecule has 2 aromatic heterocycles. The summed E-state index contributed by atoms with van der Waals surface area (Å²) in [5.41, 5.74) is 10.8. The molecule has 2 nitrogen and oxygen atoms in total. The monoisotopic (exact) mass is 603 g/mol. The average Bonchev–Trinajstić information content (AvgIpc) is 3.69. The van der Waals surface area contributed by atoms with Crippen LogP contribution < -0.4 is 0 Å². The van der Waals surface area contributed by atoms with Crippen molar-refractivity contribution in [1.29, 1.82) is 5.26 Å². The fraction of sp³-hybridized carbons (Fsp3) is 0. The summed E-state index contributed by atoms with van der Waals surface area (Å²) < 4.78 is 9.09. The smallest absolute Gasteiger partial charge is 0.143 e. The highest BCUT2D eigenvalue weighted by Crippen LogP contribution is 2.46. The Bertz CT molecular complexity index is 2650. The van der Waals surface area contributed by atoms with Gasteiger partial charge >= 0.3 is 0 Å². The molecule has 9 aromatic rings. The first kappa shape index (κ1) is 26.5. The molecule has 46 heavy (non-hydrogen) atoms. The number of hydrogen-bond acceptors (Lipinski definition) is 3. The van der Waals surface area contributed by atoms with Crippen LogP contribution in [-0.2, 0) is 0 Å². The van der Waals surface area contributed by atoms with Crippen LogP contribution >= 0.6 is 11.3 Å². The first-order valence-electron chi connectivity index (χ1n) is 15.3. The van der Waals surface area contributed by atoms with Gasteiger partial charge in [-0.15, -0.1) is 11.3 Å². The highest BCUT2D eigenvalue weighted by atomic mass is 32.1. The van der Waals surface area contributed by atoms with Gasteiger partial charge in [0.2, 0.25) is 0 Å². The Labute approximate surface area is 270 Å². The van der Waals surface area contributed by atoms with E-state index < -0.39 is 0 Å². The number of para-hydroxylation sites is 2. The molecule has 0 radical (unpaired) electrons. The number of nitrogens with zero attached hydrogens (tertiary/aromatic N) is 1. The average molecular weight is 604 g/mol. The Hall–Kier alpha value is -5.95. The molecule has 0 fully saturated rings. The van der Waals surface area contributed by atoms with E-state index in [1.807, 2.05) is 53.8 Å². The summed E-state index contributed by atoms with van der Waals surface area (Å²) in [6.07, 6.45) is 0. The number of thiophene rings is 1. The first-order valence-corrected chi connectivity index (χ1v) is 16.1. The lowest BCUT2D eigenvalue weighted by atomic mass is 9.85. The van der Waals surface area contributed by atoms with Crippen molar-refractivity contribution in [3.05, 3.63) is 157 Å². The molecule has 0 aliphatic heterocycles. The molecule has 7 aromatic carbocycles. The molecule has 0 N–H and O–H groups in total. The molecular weight excluding hydrogens is 579 g/mol. The second kappa shape index (κ2) is 10.6. The number of nitriles is 1. The van der Waals surface area contributed by atoms with E-state index in [4.69, 9.17) is 4.42 Å². The van der Waals surface area contributed by atoms with Crippen molar-refractivity contribution in [2.24, 2.45) is 0 Å². The van der Waals surface area contributed by atoms with Crippen molar-refractivity contribution >= 4 is 53.4 Å². The van der Waals surface area contributed by atoms with Crippen molar-refractivity contribution in [2.75, 3.05) is 0 Å². The van der Waals surface area contributed by atoms with Crippen molar-refractivity contribution in [2.45, 2.75) is 0 Å². The third-order valence-electron chi connectivity index (χ3n) is 8.91. The van der Waals surface area contributed by atoms with Gasteiger partial charge in [-0.05, 0) is 75.3 Å². The predicted molar refractivity (Wildman–Crippen MR) is 193 cm³/mol. The first-order chi connectivity index (χ1) is 22.7. The van der Waals surface area contributed by atoms with Gasteiger partial charge in [-0.25, -0.2) is 0 Å². The van der Waals surface area contributed by atoms with E-state index in [1.54, 1.807) is 0 Å². The highest BCUT2D eigenvalue weighted by molar-refractivity contribution is 7.25. The van der Waals surface area contributed by atoms with Gasteiger partial charge in [0.05, 0.1) is 11.6 Å². The SMILES string of the molecule is N#Cc1cc(-c2ccccc2)cc(-c2c(-c3ccc4c(c3)sc3ccccc34)cccc2-c2cccc3c2oc2ccccc23)c1. The van der Waals surface area contributed by atoms with Crippen LogP contribution in [0, 0.1) is 11.3 Å². The lowest BCUT2D eigenvalue weighted by molar-refractivity contribution is 0.670. The van der Waals surface area contributed by atoms with Crippen molar-refractivity contribution < 1.29 is 4.42 Å². The molecule has 3 heteroatoms. The molecule has 0 spiro atoms. The Morgan fingerprint density at radius 3 is 2.04 bits per heavy atom. The minimum Gasteiger partial charge on any atom is -0.455 e. The minimum atomic E-state index is 0.624. The summed E-state index contributed by atoms with van der Waals surface area (Å²) in [5.74, 6) is 0. The van der Waals surface area contributed by atoms with Gasteiger partial charge in [0.15, 0.2) is 0 Å². The van der Waals surface area contributed by atoms with Gasteiger partial charge < -0.3 is 4.42 Å². The van der Waals surface area contributed by atoms with Gasteiger partial charge in [-0.2, -0.15) is 5.26 Å². The molecule has 2 heterocycles. The van der Waals surface area contributed by atoms with E-state index in [9.17, 15) is 5.26 Å². The van der Waals surface area contributed by atoms with E-state index in [1.165, 1.54) is 20.2 Å². The number of rotatable bonds is 4. The molecule has 0 saturated carbocycles. The Kier molecular flexibility index (Phi) is 6.09. The maximum Gasteiger partial charge on any atom is 0.143 e. The lowest BCUT2D eigenvalue weighted by Gasteiger charge is -2.18. The minimum absolute atomic E-state index is 0.624. The van der Waals surface area contributed by atoms with Crippen molar-refractivity contribution in [3.63, 3.8) is 0 Å². The second-order valence-corrected chi connectivity index (χ2v) is 12.7. The zero-order valence-corrected chi connectivity index (χ0v) is 25.5. The highest BCUT2D eigenvalue weighted by Gasteiger charge is 2.20. The third kappa shape index (κ3) is 4.24. The summed E-state index contributed by atoms with van der Waals surface area (Å²) >= 11 is 1.82. The largest absolute Gasteiger partial charge is 0.455 e. The third-order valence-corrected chi connectivity index (χ3v) is 10.0. The Morgan fingerprint density at radius 1 is 0.457 bits per heavy atom. The van der Waals surface area contributed by atoms with E-state index in [0.29, 0.717) is 5.56 Å². The van der Waals surface area contributed by atoms with Crippen LogP contribution in [0.2, 0.25) is 0 Å². The Morgan fingerprint density at radius 2 is 1.15 bits per heavy atom. The summed E-state index contributed by atoms with van der Waals surface area (Å²) in [5, 5.41) is 14.9. The van der Waals surface area contributed by atoms with E-state index in [0.717, 1.165) is 66.4 Å². The molecule has 0 aliphatic rings. The van der Waals surface area contributed by atoms with Gasteiger partial charge in [0, 0.05) is 36.5 Å². The van der Waals surface area contributed by atoms with Gasteiger partial charge in [-0.3, -0.25) is 0 Å². The normalized spacial score (nSPS) is 11.5. The van der Waals surface area contributed by atoms with Crippen LogP contribution in [0.4, 0.5) is 0 Å². The fourth-order valence-electron chi connectivity index (χ4n) is 6.81. The standard InChI is InChI=1S/C43H25NOS/c44-26-27-22-30(28-10-2-1-3-11-28)24-31(23-27)42-32(29-20-21-35-34-13-5-7-19-40(34)46-41(35)25-29)14-8-15-36(42)38-17-9-16-37-33-12-4-6-18-39(33)45-43(37)38/h1-25H. The molecular formula is C43H25NOS. The van der Waals surface area contributed by atoms with Crippen molar-refractivity contribution in [3.8, 4) is 50.6 Å². The van der Waals surface area contributed by atoms with Crippen LogP contribution in [0.15, 0.2) is 156 Å². The van der Waals surface area contributed by atoms with E-state index in [-0.39, 0.29) is 0 Å². The molecule has 0 aliphatic carbocycles. The molecule has 0 atom stereocenters. The summed E-state index contributed by atoms with van der Waals surface area (Å²) in [7, 11) is 0. The number of benzene rings is 7. The summed E-state index contributed by atoms with van der Waals surface area (Å²) in [6.45, 7) is 0. The molecule has 214 valence electrons. The van der Waals surface area contributed by atoms with Crippen LogP contribution in [0.1, 0.15) is 5.56 Å².